The fourth-order valence-electron chi connectivity index (χ4n) is 2.77. The topological polar surface area (TPSA) is 48.4 Å². The number of anilines is 1. The molecule has 4 nitrogen and oxygen atoms in total. The van der Waals surface area contributed by atoms with Crippen LogP contribution in [0.3, 0.4) is 0 Å². The zero-order valence-electron chi connectivity index (χ0n) is 11.8. The zero-order valence-corrected chi connectivity index (χ0v) is 11.8. The van der Waals surface area contributed by atoms with Crippen LogP contribution in [0, 0.1) is 0 Å². The smallest absolute Gasteiger partial charge is 0.128 e. The quantitative estimate of drug-likeness (QED) is 0.789. The normalized spacial score (nSPS) is 15.9. The van der Waals surface area contributed by atoms with Crippen LogP contribution in [0.15, 0.2) is 18.3 Å². The maximum absolute atomic E-state index is 9.25. The SMILES string of the molecule is CCNCc1ccc(N(CCO)C2CCCC2)nc1. The molecule has 2 N–H and O–H groups in total. The molecule has 1 aliphatic rings. The first-order valence-corrected chi connectivity index (χ1v) is 7.38. The first-order chi connectivity index (χ1) is 9.35. The third-order valence-electron chi connectivity index (χ3n) is 3.79. The van der Waals surface area contributed by atoms with Gasteiger partial charge in [-0.05, 0) is 31.0 Å². The summed E-state index contributed by atoms with van der Waals surface area (Å²) in [4.78, 5) is 6.84. The molecule has 0 amide bonds. The lowest BCUT2D eigenvalue weighted by Gasteiger charge is -2.29. The Hall–Kier alpha value is -1.13. The van der Waals surface area contributed by atoms with Crippen LogP contribution in [0.25, 0.3) is 0 Å². The fourth-order valence-corrected chi connectivity index (χ4v) is 2.77. The van der Waals surface area contributed by atoms with Crippen molar-refractivity contribution in [2.45, 2.75) is 45.2 Å². The minimum absolute atomic E-state index is 0.192. The third kappa shape index (κ3) is 3.91. The van der Waals surface area contributed by atoms with Crippen LogP contribution >= 0.6 is 0 Å². The van der Waals surface area contributed by atoms with Crippen molar-refractivity contribution < 1.29 is 5.11 Å². The second-order valence-electron chi connectivity index (χ2n) is 5.16. The van der Waals surface area contributed by atoms with E-state index in [1.807, 2.05) is 6.20 Å². The van der Waals surface area contributed by atoms with Crippen molar-refractivity contribution in [2.75, 3.05) is 24.6 Å². The lowest BCUT2D eigenvalue weighted by atomic mass is 10.2. The van der Waals surface area contributed by atoms with Gasteiger partial charge in [0.25, 0.3) is 0 Å². The summed E-state index contributed by atoms with van der Waals surface area (Å²) in [6.45, 7) is 4.82. The summed E-state index contributed by atoms with van der Waals surface area (Å²) in [7, 11) is 0. The van der Waals surface area contributed by atoms with Gasteiger partial charge in [-0.25, -0.2) is 4.98 Å². The van der Waals surface area contributed by atoms with Crippen molar-refractivity contribution in [1.82, 2.24) is 10.3 Å². The van der Waals surface area contributed by atoms with Crippen molar-refractivity contribution in [3.8, 4) is 0 Å². The van der Waals surface area contributed by atoms with E-state index >= 15 is 0 Å². The number of pyridine rings is 1. The number of hydrogen-bond acceptors (Lipinski definition) is 4. The van der Waals surface area contributed by atoms with E-state index in [2.05, 4.69) is 34.3 Å². The Bertz CT molecular complexity index is 360. The van der Waals surface area contributed by atoms with E-state index in [0.29, 0.717) is 12.6 Å². The number of nitrogens with one attached hydrogen (secondary N) is 1. The standard InChI is InChI=1S/C15H25N3O/c1-2-16-11-13-7-8-15(17-12-13)18(9-10-19)14-5-3-4-6-14/h7-8,12,14,16,19H,2-6,9-11H2,1H3. The van der Waals surface area contributed by atoms with Gasteiger partial charge in [0.15, 0.2) is 0 Å². The lowest BCUT2D eigenvalue weighted by molar-refractivity contribution is 0.297. The molecule has 0 saturated heterocycles. The monoisotopic (exact) mass is 263 g/mol. The van der Waals surface area contributed by atoms with Crippen LogP contribution in [-0.2, 0) is 6.54 Å². The van der Waals surface area contributed by atoms with E-state index in [9.17, 15) is 5.11 Å². The third-order valence-corrected chi connectivity index (χ3v) is 3.79. The van der Waals surface area contributed by atoms with Crippen molar-refractivity contribution in [1.29, 1.82) is 0 Å². The number of aromatic nitrogens is 1. The van der Waals surface area contributed by atoms with Crippen molar-refractivity contribution in [3.63, 3.8) is 0 Å². The van der Waals surface area contributed by atoms with E-state index < -0.39 is 0 Å². The Kier molecular flexibility index (Phi) is 5.61. The molecule has 0 radical (unpaired) electrons. The van der Waals surface area contributed by atoms with E-state index in [-0.39, 0.29) is 6.61 Å². The molecule has 1 fully saturated rings. The predicted molar refractivity (Wildman–Crippen MR) is 78.3 cm³/mol. The highest BCUT2D eigenvalue weighted by atomic mass is 16.3. The molecular weight excluding hydrogens is 238 g/mol. The van der Waals surface area contributed by atoms with Crippen LogP contribution in [0.5, 0.6) is 0 Å². The van der Waals surface area contributed by atoms with Crippen LogP contribution in [0.4, 0.5) is 5.82 Å². The molecule has 0 aliphatic heterocycles. The summed E-state index contributed by atoms with van der Waals surface area (Å²) in [5.74, 6) is 1.00. The van der Waals surface area contributed by atoms with Gasteiger partial charge in [-0.1, -0.05) is 25.8 Å². The summed E-state index contributed by atoms with van der Waals surface area (Å²) < 4.78 is 0. The molecule has 0 bridgehead atoms. The summed E-state index contributed by atoms with van der Waals surface area (Å²) in [5.41, 5.74) is 1.21. The fraction of sp³-hybridized carbons (Fsp3) is 0.667. The largest absolute Gasteiger partial charge is 0.395 e. The van der Waals surface area contributed by atoms with Gasteiger partial charge in [-0.2, -0.15) is 0 Å². The number of hydrogen-bond donors (Lipinski definition) is 2. The summed E-state index contributed by atoms with van der Waals surface area (Å²) in [5, 5.41) is 12.5. The van der Waals surface area contributed by atoms with Gasteiger partial charge in [-0.15, -0.1) is 0 Å². The second-order valence-corrected chi connectivity index (χ2v) is 5.16. The van der Waals surface area contributed by atoms with Gasteiger partial charge in [-0.3, -0.25) is 0 Å². The Morgan fingerprint density at radius 1 is 1.37 bits per heavy atom. The first kappa shape index (κ1) is 14.3. The summed E-state index contributed by atoms with van der Waals surface area (Å²) in [6, 6.07) is 4.77. The Morgan fingerprint density at radius 3 is 2.74 bits per heavy atom. The zero-order chi connectivity index (χ0) is 13.5. The molecule has 19 heavy (non-hydrogen) atoms. The highest BCUT2D eigenvalue weighted by molar-refractivity contribution is 5.41. The van der Waals surface area contributed by atoms with Gasteiger partial charge in [0.1, 0.15) is 5.82 Å². The molecule has 1 aromatic rings. The highest BCUT2D eigenvalue weighted by Crippen LogP contribution is 2.26. The van der Waals surface area contributed by atoms with Gasteiger partial charge < -0.3 is 15.3 Å². The number of aliphatic hydroxyl groups excluding tert-OH is 1. The molecule has 106 valence electrons. The number of rotatable bonds is 7. The summed E-state index contributed by atoms with van der Waals surface area (Å²) in [6.07, 6.45) is 6.98. The van der Waals surface area contributed by atoms with Crippen molar-refractivity contribution in [3.05, 3.63) is 23.9 Å². The van der Waals surface area contributed by atoms with E-state index in [4.69, 9.17) is 0 Å². The maximum Gasteiger partial charge on any atom is 0.128 e. The van der Waals surface area contributed by atoms with Gasteiger partial charge >= 0.3 is 0 Å². The van der Waals surface area contributed by atoms with Crippen LogP contribution in [0.2, 0.25) is 0 Å². The lowest BCUT2D eigenvalue weighted by Crippen LogP contribution is -2.36. The first-order valence-electron chi connectivity index (χ1n) is 7.38. The van der Waals surface area contributed by atoms with Gasteiger partial charge in [0.05, 0.1) is 6.61 Å². The molecule has 2 rings (SSSR count). The van der Waals surface area contributed by atoms with E-state index in [1.54, 1.807) is 0 Å². The molecule has 0 aromatic carbocycles. The van der Waals surface area contributed by atoms with Crippen LogP contribution in [0.1, 0.15) is 38.2 Å². The molecule has 1 heterocycles. The molecular formula is C15H25N3O. The average Bonchev–Trinajstić information content (AvgIpc) is 2.97. The highest BCUT2D eigenvalue weighted by Gasteiger charge is 2.23. The Labute approximate surface area is 115 Å². The van der Waals surface area contributed by atoms with E-state index in [0.717, 1.165) is 18.9 Å². The minimum atomic E-state index is 0.192. The van der Waals surface area contributed by atoms with Gasteiger partial charge in [0.2, 0.25) is 0 Å². The number of aliphatic hydroxyl groups is 1. The Balaban J connectivity index is 2.03. The molecule has 1 saturated carbocycles. The number of nitrogens with zero attached hydrogens (tertiary/aromatic N) is 2. The van der Waals surface area contributed by atoms with Gasteiger partial charge in [0, 0.05) is 25.3 Å². The molecule has 4 heteroatoms. The van der Waals surface area contributed by atoms with Crippen molar-refractivity contribution in [2.24, 2.45) is 0 Å². The second kappa shape index (κ2) is 7.46. The molecule has 0 unspecified atom stereocenters. The maximum atomic E-state index is 9.25. The minimum Gasteiger partial charge on any atom is -0.395 e. The van der Waals surface area contributed by atoms with Crippen LogP contribution in [-0.4, -0.2) is 35.8 Å². The molecule has 1 aromatic heterocycles. The summed E-state index contributed by atoms with van der Waals surface area (Å²) >= 11 is 0. The molecule has 0 atom stereocenters. The van der Waals surface area contributed by atoms with Crippen LogP contribution < -0.4 is 10.2 Å². The molecule has 1 aliphatic carbocycles. The Morgan fingerprint density at radius 2 is 2.16 bits per heavy atom. The molecule has 0 spiro atoms. The van der Waals surface area contributed by atoms with E-state index in [1.165, 1.54) is 31.2 Å². The predicted octanol–water partition coefficient (Wildman–Crippen LogP) is 1.93. The average molecular weight is 263 g/mol. The van der Waals surface area contributed by atoms with Crippen molar-refractivity contribution >= 4 is 5.82 Å².